The lowest BCUT2D eigenvalue weighted by Gasteiger charge is -2.07. The number of nitrogens with zero attached hydrogens (tertiary/aromatic N) is 1. The van der Waals surface area contributed by atoms with E-state index < -0.39 is 0 Å². The van der Waals surface area contributed by atoms with Crippen molar-refractivity contribution < 1.29 is 0 Å². The lowest BCUT2D eigenvalue weighted by molar-refractivity contribution is 0.588. The van der Waals surface area contributed by atoms with Crippen LogP contribution in [0.25, 0.3) is 11.3 Å². The number of aromatic amines is 1. The van der Waals surface area contributed by atoms with E-state index in [-0.39, 0.29) is 0 Å². The third-order valence-electron chi connectivity index (χ3n) is 4.18. The zero-order chi connectivity index (χ0) is 14.1. The zero-order valence-electron chi connectivity index (χ0n) is 12.6. The third kappa shape index (κ3) is 2.63. The van der Waals surface area contributed by atoms with Crippen LogP contribution in [0.2, 0.25) is 0 Å². The Labute approximate surface area is 120 Å². The first-order chi connectivity index (χ1) is 9.63. The maximum atomic E-state index is 4.85. The van der Waals surface area contributed by atoms with Gasteiger partial charge in [-0.3, -0.25) is 0 Å². The van der Waals surface area contributed by atoms with Crippen molar-refractivity contribution in [3.63, 3.8) is 0 Å². The van der Waals surface area contributed by atoms with Crippen molar-refractivity contribution in [2.24, 2.45) is 0 Å². The van der Waals surface area contributed by atoms with Gasteiger partial charge in [0, 0.05) is 23.7 Å². The molecule has 3 nitrogen and oxygen atoms in total. The molecule has 0 saturated carbocycles. The summed E-state index contributed by atoms with van der Waals surface area (Å²) in [4.78, 5) is 8.32. The number of imidazole rings is 1. The average molecular weight is 269 g/mol. The lowest BCUT2D eigenvalue weighted by Crippen LogP contribution is -2.24. The summed E-state index contributed by atoms with van der Waals surface area (Å²) in [6, 6.07) is 7.16. The topological polar surface area (TPSA) is 40.7 Å². The number of hydrogen-bond donors (Lipinski definition) is 2. The first-order valence-electron chi connectivity index (χ1n) is 7.50. The minimum atomic E-state index is 0.590. The summed E-state index contributed by atoms with van der Waals surface area (Å²) in [5.41, 5.74) is 6.11. The molecule has 1 saturated heterocycles. The maximum Gasteiger partial charge on any atom is 0.108 e. The van der Waals surface area contributed by atoms with Gasteiger partial charge in [0.05, 0.1) is 5.69 Å². The molecule has 106 valence electrons. The molecule has 1 aliphatic rings. The molecule has 1 aliphatic heterocycles. The van der Waals surface area contributed by atoms with Crippen LogP contribution in [0.4, 0.5) is 0 Å². The fraction of sp³-hybridized carbons (Fsp3) is 0.471. The van der Waals surface area contributed by atoms with Crippen LogP contribution in [-0.2, 0) is 6.42 Å². The Kier molecular flexibility index (Phi) is 3.62. The van der Waals surface area contributed by atoms with Gasteiger partial charge in [0.15, 0.2) is 0 Å². The van der Waals surface area contributed by atoms with E-state index in [2.05, 4.69) is 49.3 Å². The Morgan fingerprint density at radius 2 is 2.10 bits per heavy atom. The molecule has 1 fully saturated rings. The Bertz CT molecular complexity index is 607. The van der Waals surface area contributed by atoms with Gasteiger partial charge in [0.1, 0.15) is 5.82 Å². The second kappa shape index (κ2) is 5.41. The number of hydrogen-bond acceptors (Lipinski definition) is 2. The monoisotopic (exact) mass is 269 g/mol. The lowest BCUT2D eigenvalue weighted by atomic mass is 10.0. The zero-order valence-corrected chi connectivity index (χ0v) is 12.6. The van der Waals surface area contributed by atoms with Crippen LogP contribution in [0.3, 0.4) is 0 Å². The Morgan fingerprint density at radius 3 is 2.85 bits per heavy atom. The van der Waals surface area contributed by atoms with E-state index in [1.54, 1.807) is 0 Å². The smallest absolute Gasteiger partial charge is 0.108 e. The second-order valence-electron chi connectivity index (χ2n) is 5.97. The van der Waals surface area contributed by atoms with Gasteiger partial charge in [-0.2, -0.15) is 0 Å². The van der Waals surface area contributed by atoms with Crippen LogP contribution in [0.15, 0.2) is 18.2 Å². The van der Waals surface area contributed by atoms with Gasteiger partial charge in [-0.05, 0) is 51.8 Å². The third-order valence-corrected chi connectivity index (χ3v) is 4.18. The summed E-state index contributed by atoms with van der Waals surface area (Å²) in [6.07, 6.45) is 3.55. The van der Waals surface area contributed by atoms with Crippen LogP contribution in [0.1, 0.15) is 35.5 Å². The van der Waals surface area contributed by atoms with Gasteiger partial charge >= 0.3 is 0 Å². The van der Waals surface area contributed by atoms with E-state index in [0.717, 1.165) is 24.5 Å². The first-order valence-corrected chi connectivity index (χ1v) is 7.50. The number of rotatable bonds is 3. The molecule has 1 aromatic carbocycles. The molecule has 2 N–H and O–H groups in total. The van der Waals surface area contributed by atoms with Gasteiger partial charge in [-0.1, -0.05) is 17.7 Å². The van der Waals surface area contributed by atoms with E-state index in [0.29, 0.717) is 6.04 Å². The van der Waals surface area contributed by atoms with Crippen molar-refractivity contribution in [1.82, 2.24) is 15.3 Å². The quantitative estimate of drug-likeness (QED) is 0.897. The first kappa shape index (κ1) is 13.4. The highest BCUT2D eigenvalue weighted by Gasteiger charge is 2.18. The number of aryl methyl sites for hydroxylation is 3. The summed E-state index contributed by atoms with van der Waals surface area (Å²) in [5.74, 6) is 1.11. The van der Waals surface area contributed by atoms with Crippen molar-refractivity contribution in [2.45, 2.75) is 46.1 Å². The Balaban J connectivity index is 1.90. The molecule has 0 spiro atoms. The molecule has 1 atom stereocenters. The molecule has 1 aromatic heterocycles. The molecule has 0 radical (unpaired) electrons. The minimum Gasteiger partial charge on any atom is -0.346 e. The maximum absolute atomic E-state index is 4.85. The molecule has 1 unspecified atom stereocenters. The highest BCUT2D eigenvalue weighted by molar-refractivity contribution is 5.66. The van der Waals surface area contributed by atoms with Crippen LogP contribution < -0.4 is 5.32 Å². The average Bonchev–Trinajstić information content (AvgIpc) is 3.03. The Morgan fingerprint density at radius 1 is 1.25 bits per heavy atom. The van der Waals surface area contributed by atoms with E-state index in [1.165, 1.54) is 35.2 Å². The van der Waals surface area contributed by atoms with Crippen molar-refractivity contribution in [3.8, 4) is 11.3 Å². The van der Waals surface area contributed by atoms with Gasteiger partial charge < -0.3 is 10.3 Å². The molecular weight excluding hydrogens is 246 g/mol. The SMILES string of the molecule is Cc1ccc(C)c(-c2nc(CC3CCCN3)[nH]c2C)c1. The number of H-pyrrole nitrogens is 1. The summed E-state index contributed by atoms with van der Waals surface area (Å²) in [7, 11) is 0. The van der Waals surface area contributed by atoms with Gasteiger partial charge in [-0.25, -0.2) is 4.98 Å². The highest BCUT2D eigenvalue weighted by Crippen LogP contribution is 2.26. The fourth-order valence-electron chi connectivity index (χ4n) is 3.04. The largest absolute Gasteiger partial charge is 0.346 e. The molecule has 0 aliphatic carbocycles. The molecule has 20 heavy (non-hydrogen) atoms. The van der Waals surface area contributed by atoms with Gasteiger partial charge in [-0.15, -0.1) is 0 Å². The molecule has 2 aromatic rings. The summed E-state index contributed by atoms with van der Waals surface area (Å²) < 4.78 is 0. The minimum absolute atomic E-state index is 0.590. The van der Waals surface area contributed by atoms with Crippen molar-refractivity contribution in [3.05, 3.63) is 40.8 Å². The fourth-order valence-corrected chi connectivity index (χ4v) is 3.04. The molecule has 3 heteroatoms. The predicted molar refractivity (Wildman–Crippen MR) is 83.0 cm³/mol. The number of aromatic nitrogens is 2. The van der Waals surface area contributed by atoms with Crippen molar-refractivity contribution in [2.75, 3.05) is 6.54 Å². The molecule has 0 amide bonds. The second-order valence-corrected chi connectivity index (χ2v) is 5.97. The molecule has 3 rings (SSSR count). The number of nitrogens with one attached hydrogen (secondary N) is 2. The molecule has 0 bridgehead atoms. The summed E-state index contributed by atoms with van der Waals surface area (Å²) >= 11 is 0. The molecular formula is C17H23N3. The molecule has 2 heterocycles. The van der Waals surface area contributed by atoms with E-state index >= 15 is 0 Å². The van der Waals surface area contributed by atoms with E-state index in [1.807, 2.05) is 0 Å². The summed E-state index contributed by atoms with van der Waals surface area (Å²) in [5, 5.41) is 3.53. The highest BCUT2D eigenvalue weighted by atomic mass is 15.0. The van der Waals surface area contributed by atoms with Crippen molar-refractivity contribution in [1.29, 1.82) is 0 Å². The van der Waals surface area contributed by atoms with Crippen LogP contribution in [-0.4, -0.2) is 22.6 Å². The van der Waals surface area contributed by atoms with Gasteiger partial charge in [0.2, 0.25) is 0 Å². The normalized spacial score (nSPS) is 18.6. The van der Waals surface area contributed by atoms with E-state index in [9.17, 15) is 0 Å². The van der Waals surface area contributed by atoms with E-state index in [4.69, 9.17) is 4.98 Å². The Hall–Kier alpha value is -1.61. The summed E-state index contributed by atoms with van der Waals surface area (Å²) in [6.45, 7) is 7.55. The standard InChI is InChI=1S/C17H23N3/c1-11-6-7-12(2)15(9-11)17-13(3)19-16(20-17)10-14-5-4-8-18-14/h6-7,9,14,18H,4-5,8,10H2,1-3H3,(H,19,20). The van der Waals surface area contributed by atoms with Gasteiger partial charge in [0.25, 0.3) is 0 Å². The van der Waals surface area contributed by atoms with Crippen LogP contribution >= 0.6 is 0 Å². The van der Waals surface area contributed by atoms with Crippen molar-refractivity contribution >= 4 is 0 Å². The van der Waals surface area contributed by atoms with Crippen LogP contribution in [0, 0.1) is 20.8 Å². The number of benzene rings is 1. The predicted octanol–water partition coefficient (Wildman–Crippen LogP) is 3.30. The van der Waals surface area contributed by atoms with Crippen LogP contribution in [0.5, 0.6) is 0 Å².